The fraction of sp³-hybridized carbons (Fsp3) is 1.00. The predicted molar refractivity (Wildman–Crippen MR) is 106 cm³/mol. The van der Waals surface area contributed by atoms with Crippen molar-refractivity contribution in [1.82, 2.24) is 0 Å². The first-order chi connectivity index (χ1) is 3.91. The van der Waals surface area contributed by atoms with Gasteiger partial charge in [-0.05, 0) is 0 Å². The first-order valence-corrected chi connectivity index (χ1v) is 3.91. The second-order valence-corrected chi connectivity index (χ2v) is 2.41. The van der Waals surface area contributed by atoms with Crippen LogP contribution in [0.2, 0.25) is 0 Å². The molecule has 0 heterocycles. The summed E-state index contributed by atoms with van der Waals surface area (Å²) in [5.41, 5.74) is 0. The van der Waals surface area contributed by atoms with Crippen LogP contribution in [0.1, 0.15) is 127 Å². The molecule has 0 aromatic heterocycles. The van der Waals surface area contributed by atoms with Gasteiger partial charge < -0.3 is 0 Å². The molecule has 0 aliphatic rings. The molecule has 0 unspecified atom stereocenters. The average Bonchev–Trinajstić information content (AvgIpc) is 1.81. The molecule has 0 aromatic carbocycles. The number of hydrogen-bond acceptors (Lipinski definition) is 0. The Morgan fingerprint density at radius 1 is 0.333 bits per heavy atom. The third-order valence-electron chi connectivity index (χ3n) is 1.46. The van der Waals surface area contributed by atoms with Crippen LogP contribution in [0.25, 0.3) is 0 Å². The highest BCUT2D eigenvalue weighted by Crippen LogP contribution is 2.03. The van der Waals surface area contributed by atoms with Crippen molar-refractivity contribution in [2.45, 2.75) is 127 Å². The standard InChI is InChI=1S/C8H18.10CH4/c1-3-5-7-8-6-4-2;;;;;;;;;;/h3-8H2,1-2H3;10*1H4. The monoisotopic (exact) mass is 274 g/mol. The van der Waals surface area contributed by atoms with Crippen molar-refractivity contribution >= 4 is 0 Å². The third-order valence-corrected chi connectivity index (χ3v) is 1.46. The quantitative estimate of drug-likeness (QED) is 0.437. The molecule has 0 bridgehead atoms. The minimum atomic E-state index is 0. The highest BCUT2D eigenvalue weighted by Gasteiger charge is 1.83. The molecule has 0 fully saturated rings. The Morgan fingerprint density at radius 2 is 0.500 bits per heavy atom. The van der Waals surface area contributed by atoms with E-state index in [4.69, 9.17) is 0 Å². The van der Waals surface area contributed by atoms with Crippen molar-refractivity contribution in [3.8, 4) is 0 Å². The van der Waals surface area contributed by atoms with Crippen molar-refractivity contribution in [2.75, 3.05) is 0 Å². The van der Waals surface area contributed by atoms with Crippen LogP contribution in [0.3, 0.4) is 0 Å². The van der Waals surface area contributed by atoms with Gasteiger partial charge in [0, 0.05) is 0 Å². The number of hydrogen-bond donors (Lipinski definition) is 0. The zero-order valence-corrected chi connectivity index (χ0v) is 6.24. The number of unbranched alkanes of at least 4 members (excludes halogenated alkanes) is 5. The van der Waals surface area contributed by atoms with Gasteiger partial charge in [0.1, 0.15) is 0 Å². The molecule has 0 saturated heterocycles. The Hall–Kier alpha value is 0. The predicted octanol–water partition coefficient (Wildman–Crippen LogP) is 9.73. The summed E-state index contributed by atoms with van der Waals surface area (Å²) in [5.74, 6) is 0. The SMILES string of the molecule is C.C.C.C.C.C.C.C.C.C.CCCCCCCC. The lowest BCUT2D eigenvalue weighted by atomic mass is 10.1. The molecule has 0 radical (unpaired) electrons. The summed E-state index contributed by atoms with van der Waals surface area (Å²) in [5, 5.41) is 0. The molecule has 130 valence electrons. The molecule has 0 amide bonds. The van der Waals surface area contributed by atoms with Gasteiger partial charge >= 0.3 is 0 Å². The molecule has 0 rings (SSSR count). The van der Waals surface area contributed by atoms with Gasteiger partial charge in [-0.15, -0.1) is 0 Å². The van der Waals surface area contributed by atoms with Crippen LogP contribution in [-0.4, -0.2) is 0 Å². The van der Waals surface area contributed by atoms with Crippen molar-refractivity contribution in [3.05, 3.63) is 0 Å². The van der Waals surface area contributed by atoms with Gasteiger partial charge in [0.25, 0.3) is 0 Å². The van der Waals surface area contributed by atoms with Gasteiger partial charge in [0.2, 0.25) is 0 Å². The van der Waals surface area contributed by atoms with E-state index in [9.17, 15) is 0 Å². The molecule has 0 spiro atoms. The Bertz CT molecular complexity index is 25.0. The summed E-state index contributed by atoms with van der Waals surface area (Å²) in [6, 6.07) is 0. The summed E-state index contributed by atoms with van der Waals surface area (Å²) in [7, 11) is 0. The zero-order valence-electron chi connectivity index (χ0n) is 6.24. The largest absolute Gasteiger partial charge is 0.0776 e. The molecular formula is C18H58. The summed E-state index contributed by atoms with van der Waals surface area (Å²) in [6.07, 6.45) is 8.49. The van der Waals surface area contributed by atoms with E-state index in [1.807, 2.05) is 0 Å². The summed E-state index contributed by atoms with van der Waals surface area (Å²) in [4.78, 5) is 0. The molecule has 0 saturated carbocycles. The van der Waals surface area contributed by atoms with Crippen molar-refractivity contribution in [1.29, 1.82) is 0 Å². The molecule has 0 heteroatoms. The normalized spacial score (nSPS) is 4.33. The van der Waals surface area contributed by atoms with Crippen molar-refractivity contribution < 1.29 is 0 Å². The highest BCUT2D eigenvalue weighted by molar-refractivity contribution is 4.39. The summed E-state index contributed by atoms with van der Waals surface area (Å²) >= 11 is 0. The zero-order chi connectivity index (χ0) is 6.24. The van der Waals surface area contributed by atoms with E-state index in [-0.39, 0.29) is 74.3 Å². The molecular weight excluding hydrogens is 216 g/mol. The molecule has 0 aliphatic heterocycles. The van der Waals surface area contributed by atoms with Crippen molar-refractivity contribution in [3.63, 3.8) is 0 Å². The second-order valence-electron chi connectivity index (χ2n) is 2.41. The van der Waals surface area contributed by atoms with E-state index >= 15 is 0 Å². The van der Waals surface area contributed by atoms with Crippen LogP contribution in [-0.2, 0) is 0 Å². The third kappa shape index (κ3) is 144. The molecule has 0 aliphatic carbocycles. The minimum absolute atomic E-state index is 0. The van der Waals surface area contributed by atoms with Crippen LogP contribution in [0.4, 0.5) is 0 Å². The summed E-state index contributed by atoms with van der Waals surface area (Å²) in [6.45, 7) is 4.51. The van der Waals surface area contributed by atoms with Gasteiger partial charge in [-0.25, -0.2) is 0 Å². The van der Waals surface area contributed by atoms with Gasteiger partial charge in [0.15, 0.2) is 0 Å². The van der Waals surface area contributed by atoms with Crippen LogP contribution >= 0.6 is 0 Å². The van der Waals surface area contributed by atoms with E-state index < -0.39 is 0 Å². The molecule has 0 atom stereocenters. The fourth-order valence-corrected chi connectivity index (χ4v) is 0.854. The van der Waals surface area contributed by atoms with E-state index in [2.05, 4.69) is 13.8 Å². The maximum Gasteiger partial charge on any atom is -0.0533 e. The van der Waals surface area contributed by atoms with E-state index in [0.717, 1.165) is 0 Å². The Morgan fingerprint density at radius 3 is 0.611 bits per heavy atom. The lowest BCUT2D eigenvalue weighted by Gasteiger charge is -1.93. The summed E-state index contributed by atoms with van der Waals surface area (Å²) < 4.78 is 0. The first kappa shape index (κ1) is 106. The lowest BCUT2D eigenvalue weighted by Crippen LogP contribution is -1.73. The molecule has 0 nitrogen and oxygen atoms in total. The van der Waals surface area contributed by atoms with Gasteiger partial charge in [0.05, 0.1) is 0 Å². The second kappa shape index (κ2) is 121. The topological polar surface area (TPSA) is 0 Å². The van der Waals surface area contributed by atoms with Crippen LogP contribution < -0.4 is 0 Å². The first-order valence-electron chi connectivity index (χ1n) is 3.91. The van der Waals surface area contributed by atoms with E-state index in [1.54, 1.807) is 0 Å². The lowest BCUT2D eigenvalue weighted by molar-refractivity contribution is 0.624. The smallest absolute Gasteiger partial charge is 0.0533 e. The fourth-order valence-electron chi connectivity index (χ4n) is 0.854. The van der Waals surface area contributed by atoms with Crippen LogP contribution in [0, 0.1) is 0 Å². The molecule has 0 aromatic rings. The molecule has 18 heavy (non-hydrogen) atoms. The highest BCUT2D eigenvalue weighted by atomic mass is 13.9. The maximum atomic E-state index is 2.26. The Balaban J connectivity index is -0.00000000544. The average molecular weight is 275 g/mol. The maximum absolute atomic E-state index is 2.26. The van der Waals surface area contributed by atoms with Crippen LogP contribution in [0.5, 0.6) is 0 Å². The number of rotatable bonds is 5. The van der Waals surface area contributed by atoms with Crippen LogP contribution in [0.15, 0.2) is 0 Å². The molecule has 0 N–H and O–H groups in total. The van der Waals surface area contributed by atoms with E-state index in [1.165, 1.54) is 38.5 Å². The van der Waals surface area contributed by atoms with Gasteiger partial charge in [-0.2, -0.15) is 0 Å². The minimum Gasteiger partial charge on any atom is -0.0776 e. The van der Waals surface area contributed by atoms with E-state index in [0.29, 0.717) is 0 Å². The Kier molecular flexibility index (Phi) is 713. The van der Waals surface area contributed by atoms with Gasteiger partial charge in [-0.3, -0.25) is 0 Å². The Labute approximate surface area is 127 Å². The van der Waals surface area contributed by atoms with Gasteiger partial charge in [-0.1, -0.05) is 127 Å². The van der Waals surface area contributed by atoms with Crippen molar-refractivity contribution in [2.24, 2.45) is 0 Å².